The van der Waals surface area contributed by atoms with Crippen molar-refractivity contribution in [2.45, 2.75) is 18.7 Å². The van der Waals surface area contributed by atoms with Gasteiger partial charge in [-0.3, -0.25) is 9.10 Å². The Morgan fingerprint density at radius 3 is 2.42 bits per heavy atom. The first-order chi connectivity index (χ1) is 17.3. The van der Waals surface area contributed by atoms with E-state index in [4.69, 9.17) is 9.47 Å². The zero-order valence-electron chi connectivity index (χ0n) is 20.3. The van der Waals surface area contributed by atoms with Crippen molar-refractivity contribution in [2.75, 3.05) is 24.1 Å². The fraction of sp³-hybridized carbons (Fsp3) is 0.185. The van der Waals surface area contributed by atoms with Gasteiger partial charge in [-0.25, -0.2) is 13.8 Å². The molecule has 1 N–H and O–H groups in total. The van der Waals surface area contributed by atoms with E-state index in [1.165, 1.54) is 18.3 Å². The molecule has 0 aromatic heterocycles. The Balaban J connectivity index is 1.77. The average molecular weight is 508 g/mol. The summed E-state index contributed by atoms with van der Waals surface area (Å²) in [6, 6.07) is 20.1. The van der Waals surface area contributed by atoms with Gasteiger partial charge in [0.15, 0.2) is 11.5 Å². The monoisotopic (exact) mass is 507 g/mol. The fourth-order valence-electron chi connectivity index (χ4n) is 3.23. The topological polar surface area (TPSA) is 97.3 Å². The molecule has 0 spiro atoms. The highest BCUT2D eigenvalue weighted by molar-refractivity contribution is 7.92. The van der Waals surface area contributed by atoms with Crippen molar-refractivity contribution in [1.29, 1.82) is 0 Å². The summed E-state index contributed by atoms with van der Waals surface area (Å²) >= 11 is 0. The molecule has 0 aliphatic carbocycles. The number of hydrogen-bond acceptors (Lipinski definition) is 6. The van der Waals surface area contributed by atoms with Crippen molar-refractivity contribution in [3.63, 3.8) is 0 Å². The van der Waals surface area contributed by atoms with Crippen LogP contribution in [0.15, 0.2) is 95.4 Å². The first-order valence-corrected chi connectivity index (χ1v) is 12.8. The molecule has 0 radical (unpaired) electrons. The molecular formula is C27H29N3O5S. The zero-order valence-corrected chi connectivity index (χ0v) is 21.1. The van der Waals surface area contributed by atoms with Gasteiger partial charge in [0, 0.05) is 0 Å². The number of hydrogen-bond donors (Lipinski definition) is 1. The normalized spacial score (nSPS) is 11.2. The van der Waals surface area contributed by atoms with E-state index in [0.717, 1.165) is 9.87 Å². The SMILES string of the molecule is C=CCOc1ccc(/C=N\NC(=O)CN(c2ccc(C)cc2)S(=O)(=O)c2ccccc2)cc1OCC. The molecule has 0 unspecified atom stereocenters. The van der Waals surface area contributed by atoms with Crippen LogP contribution in [0.5, 0.6) is 11.5 Å². The van der Waals surface area contributed by atoms with E-state index in [1.807, 2.05) is 13.8 Å². The summed E-state index contributed by atoms with van der Waals surface area (Å²) in [6.45, 7) is 7.74. The summed E-state index contributed by atoms with van der Waals surface area (Å²) in [5.41, 5.74) is 4.41. The number of amides is 1. The molecule has 188 valence electrons. The van der Waals surface area contributed by atoms with E-state index in [0.29, 0.717) is 36.0 Å². The first-order valence-electron chi connectivity index (χ1n) is 11.3. The molecule has 0 aliphatic rings. The van der Waals surface area contributed by atoms with Crippen LogP contribution in [0.4, 0.5) is 5.69 Å². The maximum atomic E-state index is 13.3. The van der Waals surface area contributed by atoms with Gasteiger partial charge in [-0.05, 0) is 61.9 Å². The minimum atomic E-state index is -3.98. The Labute approximate surface area is 211 Å². The Hall–Kier alpha value is -4.11. The standard InChI is InChI=1S/C27H29N3O5S/c1-4-17-35-25-16-13-22(18-26(25)34-5-2)19-28-29-27(31)20-30(23-14-11-21(3)12-15-23)36(32,33)24-9-7-6-8-10-24/h4,6-16,18-19H,1,5,17,20H2,2-3H3,(H,29,31)/b28-19-. The lowest BCUT2D eigenvalue weighted by atomic mass is 10.2. The zero-order chi connectivity index (χ0) is 26.0. The minimum Gasteiger partial charge on any atom is -0.490 e. The van der Waals surface area contributed by atoms with Gasteiger partial charge in [0.2, 0.25) is 0 Å². The van der Waals surface area contributed by atoms with Crippen molar-refractivity contribution < 1.29 is 22.7 Å². The van der Waals surface area contributed by atoms with E-state index in [9.17, 15) is 13.2 Å². The molecule has 0 fully saturated rings. The highest BCUT2D eigenvalue weighted by Gasteiger charge is 2.27. The summed E-state index contributed by atoms with van der Waals surface area (Å²) in [4.78, 5) is 12.8. The molecule has 0 heterocycles. The fourth-order valence-corrected chi connectivity index (χ4v) is 4.67. The number of anilines is 1. The summed E-state index contributed by atoms with van der Waals surface area (Å²) in [6.07, 6.45) is 3.08. The van der Waals surface area contributed by atoms with Crippen LogP contribution in [0, 0.1) is 6.92 Å². The minimum absolute atomic E-state index is 0.0871. The molecule has 3 aromatic rings. The number of sulfonamides is 1. The lowest BCUT2D eigenvalue weighted by Crippen LogP contribution is -2.39. The predicted molar refractivity (Wildman–Crippen MR) is 141 cm³/mol. The number of aryl methyl sites for hydroxylation is 1. The number of carbonyl (C=O) groups excluding carboxylic acids is 1. The van der Waals surface area contributed by atoms with Crippen LogP contribution < -0.4 is 19.2 Å². The third-order valence-electron chi connectivity index (χ3n) is 4.97. The number of rotatable bonds is 12. The molecule has 0 atom stereocenters. The summed E-state index contributed by atoms with van der Waals surface area (Å²) in [5, 5.41) is 3.99. The first kappa shape index (κ1) is 26.5. The summed E-state index contributed by atoms with van der Waals surface area (Å²) in [5.74, 6) is 0.509. The number of hydrazone groups is 1. The molecular weight excluding hydrogens is 478 g/mol. The Morgan fingerprint density at radius 2 is 1.75 bits per heavy atom. The number of ether oxygens (including phenoxy) is 2. The van der Waals surface area contributed by atoms with E-state index >= 15 is 0 Å². The maximum absolute atomic E-state index is 13.3. The summed E-state index contributed by atoms with van der Waals surface area (Å²) in [7, 11) is -3.98. The van der Waals surface area contributed by atoms with Gasteiger partial charge in [-0.15, -0.1) is 0 Å². The lowest BCUT2D eigenvalue weighted by Gasteiger charge is -2.23. The van der Waals surface area contributed by atoms with Crippen molar-refractivity contribution in [2.24, 2.45) is 5.10 Å². The van der Waals surface area contributed by atoms with Crippen LogP contribution in [0.2, 0.25) is 0 Å². The highest BCUT2D eigenvalue weighted by Crippen LogP contribution is 2.28. The molecule has 1 amide bonds. The quantitative estimate of drug-likeness (QED) is 0.224. The van der Waals surface area contributed by atoms with Gasteiger partial charge in [-0.2, -0.15) is 5.10 Å². The highest BCUT2D eigenvalue weighted by atomic mass is 32.2. The maximum Gasteiger partial charge on any atom is 0.264 e. The van der Waals surface area contributed by atoms with E-state index < -0.39 is 22.5 Å². The molecule has 0 aliphatic heterocycles. The average Bonchev–Trinajstić information content (AvgIpc) is 2.88. The Kier molecular flexibility index (Phi) is 9.24. The number of nitrogens with one attached hydrogen (secondary N) is 1. The molecule has 3 rings (SSSR count). The van der Waals surface area contributed by atoms with E-state index in [1.54, 1.807) is 66.7 Å². The van der Waals surface area contributed by atoms with E-state index in [-0.39, 0.29) is 4.90 Å². The van der Waals surface area contributed by atoms with Crippen LogP contribution in [0.3, 0.4) is 0 Å². The lowest BCUT2D eigenvalue weighted by molar-refractivity contribution is -0.119. The molecule has 36 heavy (non-hydrogen) atoms. The van der Waals surface area contributed by atoms with Gasteiger partial charge < -0.3 is 9.47 Å². The third kappa shape index (κ3) is 6.96. The van der Waals surface area contributed by atoms with Gasteiger partial charge in [0.25, 0.3) is 15.9 Å². The van der Waals surface area contributed by atoms with Crippen molar-refractivity contribution in [3.8, 4) is 11.5 Å². The number of nitrogens with zero attached hydrogens (tertiary/aromatic N) is 2. The third-order valence-corrected chi connectivity index (χ3v) is 6.76. The predicted octanol–water partition coefficient (Wildman–Crippen LogP) is 4.30. The van der Waals surface area contributed by atoms with Crippen LogP contribution in [0.25, 0.3) is 0 Å². The van der Waals surface area contributed by atoms with Crippen molar-refractivity contribution in [1.82, 2.24) is 5.43 Å². The molecule has 0 bridgehead atoms. The second-order valence-electron chi connectivity index (χ2n) is 7.69. The van der Waals surface area contributed by atoms with Gasteiger partial charge in [0.1, 0.15) is 13.2 Å². The van der Waals surface area contributed by atoms with Crippen molar-refractivity contribution >= 4 is 27.8 Å². The summed E-state index contributed by atoms with van der Waals surface area (Å²) < 4.78 is 38.9. The van der Waals surface area contributed by atoms with Gasteiger partial charge in [0.05, 0.1) is 23.4 Å². The molecule has 3 aromatic carbocycles. The van der Waals surface area contributed by atoms with Gasteiger partial charge >= 0.3 is 0 Å². The number of benzene rings is 3. The largest absolute Gasteiger partial charge is 0.490 e. The Morgan fingerprint density at radius 1 is 1.03 bits per heavy atom. The molecule has 0 saturated carbocycles. The van der Waals surface area contributed by atoms with Crippen LogP contribution in [-0.4, -0.2) is 40.3 Å². The molecule has 9 heteroatoms. The second kappa shape index (κ2) is 12.6. The van der Waals surface area contributed by atoms with Crippen molar-refractivity contribution in [3.05, 3.63) is 96.6 Å². The second-order valence-corrected chi connectivity index (χ2v) is 9.55. The van der Waals surface area contributed by atoms with E-state index in [2.05, 4.69) is 17.1 Å². The van der Waals surface area contributed by atoms with Crippen LogP contribution in [-0.2, 0) is 14.8 Å². The Bertz CT molecular complexity index is 1310. The number of carbonyl (C=O) groups is 1. The van der Waals surface area contributed by atoms with Gasteiger partial charge in [-0.1, -0.05) is 48.6 Å². The smallest absolute Gasteiger partial charge is 0.264 e. The van der Waals surface area contributed by atoms with Crippen LogP contribution >= 0.6 is 0 Å². The molecule has 0 saturated heterocycles. The van der Waals surface area contributed by atoms with Crippen LogP contribution in [0.1, 0.15) is 18.1 Å². The molecule has 8 nitrogen and oxygen atoms in total.